The van der Waals surface area contributed by atoms with Crippen molar-refractivity contribution in [3.8, 4) is 0 Å². The molecule has 0 aliphatic heterocycles. The lowest BCUT2D eigenvalue weighted by Gasteiger charge is -2.09. The van der Waals surface area contributed by atoms with Crippen LogP contribution in [0.4, 0.5) is 5.69 Å². The monoisotopic (exact) mass is 300 g/mol. The third-order valence-electron chi connectivity index (χ3n) is 3.06. The van der Waals surface area contributed by atoms with Gasteiger partial charge < -0.3 is 0 Å². The van der Waals surface area contributed by atoms with Crippen LogP contribution >= 0.6 is 0 Å². The second-order valence-electron chi connectivity index (χ2n) is 4.62. The lowest BCUT2D eigenvalue weighted by Crippen LogP contribution is -2.25. The number of unbranched alkanes of at least 4 members (excludes halogenated alkanes) is 3. The normalized spacial score (nSPS) is 11.5. The molecule has 112 valence electrons. The Morgan fingerprint density at radius 1 is 1.25 bits per heavy atom. The summed E-state index contributed by atoms with van der Waals surface area (Å²) in [5.74, 6) is 0. The minimum absolute atomic E-state index is 0.0257. The molecule has 0 amide bonds. The molecule has 1 aromatic rings. The molecule has 1 N–H and O–H groups in total. The minimum atomic E-state index is -3.69. The van der Waals surface area contributed by atoms with Crippen molar-refractivity contribution in [2.45, 2.75) is 44.4 Å². The Balaban J connectivity index is 2.83. The Bertz CT molecular complexity index is 570. The van der Waals surface area contributed by atoms with Crippen LogP contribution in [-0.2, 0) is 10.0 Å². The molecule has 0 saturated carbocycles. The summed E-state index contributed by atoms with van der Waals surface area (Å²) in [7, 11) is -3.69. The second kappa shape index (κ2) is 7.35. The van der Waals surface area contributed by atoms with E-state index >= 15 is 0 Å². The van der Waals surface area contributed by atoms with E-state index in [1.807, 2.05) is 0 Å². The molecule has 0 fully saturated rings. The summed E-state index contributed by atoms with van der Waals surface area (Å²) in [4.78, 5) is 10.2. The standard InChI is InChI=1S/C13H20N2O4S/c1-3-4-5-6-10-14-20(18,19)13-9-7-8-12(11(13)2)15(16)17/h7-9,14H,3-6,10H2,1-2H3. The van der Waals surface area contributed by atoms with Gasteiger partial charge in [-0.1, -0.05) is 32.3 Å². The lowest BCUT2D eigenvalue weighted by atomic mass is 10.2. The average molecular weight is 300 g/mol. The van der Waals surface area contributed by atoms with Gasteiger partial charge in [-0.15, -0.1) is 0 Å². The summed E-state index contributed by atoms with van der Waals surface area (Å²) < 4.78 is 26.7. The fraction of sp³-hybridized carbons (Fsp3) is 0.538. The summed E-state index contributed by atoms with van der Waals surface area (Å²) in [5, 5.41) is 10.8. The second-order valence-corrected chi connectivity index (χ2v) is 6.35. The molecule has 0 aliphatic rings. The largest absolute Gasteiger partial charge is 0.273 e. The van der Waals surface area contributed by atoms with Crippen molar-refractivity contribution in [3.05, 3.63) is 33.9 Å². The molecule has 0 aliphatic carbocycles. The number of hydrogen-bond donors (Lipinski definition) is 1. The molecular formula is C13H20N2O4S. The van der Waals surface area contributed by atoms with Gasteiger partial charge in [-0.2, -0.15) is 0 Å². The molecule has 0 atom stereocenters. The molecule has 1 rings (SSSR count). The summed E-state index contributed by atoms with van der Waals surface area (Å²) in [6.07, 6.45) is 3.88. The van der Waals surface area contributed by atoms with E-state index in [1.165, 1.54) is 25.1 Å². The Labute approximate surface area is 119 Å². The molecule has 0 spiro atoms. The molecule has 20 heavy (non-hydrogen) atoms. The van der Waals surface area contributed by atoms with E-state index in [4.69, 9.17) is 0 Å². The minimum Gasteiger partial charge on any atom is -0.258 e. The number of hydrogen-bond acceptors (Lipinski definition) is 4. The number of nitro benzene ring substituents is 1. The van der Waals surface area contributed by atoms with Crippen molar-refractivity contribution in [3.63, 3.8) is 0 Å². The van der Waals surface area contributed by atoms with Crippen molar-refractivity contribution < 1.29 is 13.3 Å². The van der Waals surface area contributed by atoms with Crippen LogP contribution in [0.3, 0.4) is 0 Å². The zero-order chi connectivity index (χ0) is 15.2. The van der Waals surface area contributed by atoms with Crippen LogP contribution in [0, 0.1) is 17.0 Å². The van der Waals surface area contributed by atoms with E-state index in [0.717, 1.165) is 25.7 Å². The van der Waals surface area contributed by atoms with Crippen LogP contribution in [-0.4, -0.2) is 19.9 Å². The van der Waals surface area contributed by atoms with Gasteiger partial charge in [0.1, 0.15) is 0 Å². The van der Waals surface area contributed by atoms with E-state index in [-0.39, 0.29) is 16.1 Å². The average Bonchev–Trinajstić information content (AvgIpc) is 2.38. The van der Waals surface area contributed by atoms with Crippen molar-refractivity contribution in [1.29, 1.82) is 0 Å². The summed E-state index contributed by atoms with van der Waals surface area (Å²) in [6, 6.07) is 4.07. The first-order valence-corrected chi connectivity index (χ1v) is 8.12. The Morgan fingerprint density at radius 2 is 1.95 bits per heavy atom. The Kier molecular flexibility index (Phi) is 6.09. The van der Waals surface area contributed by atoms with Crippen molar-refractivity contribution in [2.75, 3.05) is 6.54 Å². The molecule has 0 aromatic heterocycles. The van der Waals surface area contributed by atoms with Gasteiger partial charge in [-0.25, -0.2) is 13.1 Å². The molecule has 7 heteroatoms. The van der Waals surface area contributed by atoms with Crippen LogP contribution in [0.15, 0.2) is 23.1 Å². The van der Waals surface area contributed by atoms with Crippen molar-refractivity contribution in [1.82, 2.24) is 4.72 Å². The van der Waals surface area contributed by atoms with Gasteiger partial charge in [0.25, 0.3) is 5.69 Å². The molecule has 1 aromatic carbocycles. The van der Waals surface area contributed by atoms with Gasteiger partial charge in [0.15, 0.2) is 0 Å². The highest BCUT2D eigenvalue weighted by Crippen LogP contribution is 2.24. The van der Waals surface area contributed by atoms with E-state index in [9.17, 15) is 18.5 Å². The number of nitrogens with one attached hydrogen (secondary N) is 1. The smallest absolute Gasteiger partial charge is 0.258 e. The van der Waals surface area contributed by atoms with Gasteiger partial charge in [-0.3, -0.25) is 10.1 Å². The van der Waals surface area contributed by atoms with Crippen molar-refractivity contribution in [2.24, 2.45) is 0 Å². The van der Waals surface area contributed by atoms with Gasteiger partial charge in [0.05, 0.1) is 9.82 Å². The van der Waals surface area contributed by atoms with E-state index in [0.29, 0.717) is 6.54 Å². The summed E-state index contributed by atoms with van der Waals surface area (Å²) in [6.45, 7) is 3.88. The number of benzene rings is 1. The van der Waals surface area contributed by atoms with Crippen LogP contribution in [0.2, 0.25) is 0 Å². The maximum absolute atomic E-state index is 12.1. The maximum atomic E-state index is 12.1. The molecular weight excluding hydrogens is 280 g/mol. The summed E-state index contributed by atoms with van der Waals surface area (Å²) in [5.41, 5.74) is -0.0163. The first-order valence-electron chi connectivity index (χ1n) is 6.64. The third kappa shape index (κ3) is 4.28. The first-order chi connectivity index (χ1) is 9.40. The van der Waals surface area contributed by atoms with Gasteiger partial charge in [0.2, 0.25) is 10.0 Å². The van der Waals surface area contributed by atoms with E-state index < -0.39 is 14.9 Å². The van der Waals surface area contributed by atoms with E-state index in [2.05, 4.69) is 11.6 Å². The highest BCUT2D eigenvalue weighted by molar-refractivity contribution is 7.89. The Hall–Kier alpha value is -1.47. The zero-order valence-corrected chi connectivity index (χ0v) is 12.6. The highest BCUT2D eigenvalue weighted by Gasteiger charge is 2.22. The molecule has 0 bridgehead atoms. The fourth-order valence-corrected chi connectivity index (χ4v) is 3.26. The zero-order valence-electron chi connectivity index (χ0n) is 11.8. The van der Waals surface area contributed by atoms with Crippen LogP contribution in [0.5, 0.6) is 0 Å². The molecule has 6 nitrogen and oxygen atoms in total. The van der Waals surface area contributed by atoms with Gasteiger partial charge in [-0.05, 0) is 19.4 Å². The maximum Gasteiger partial charge on any atom is 0.273 e. The quantitative estimate of drug-likeness (QED) is 0.454. The fourth-order valence-electron chi connectivity index (χ4n) is 1.93. The first kappa shape index (κ1) is 16.6. The molecule has 0 radical (unpaired) electrons. The van der Waals surface area contributed by atoms with Gasteiger partial charge in [0, 0.05) is 18.2 Å². The van der Waals surface area contributed by atoms with E-state index in [1.54, 1.807) is 0 Å². The number of rotatable bonds is 8. The summed E-state index contributed by atoms with van der Waals surface area (Å²) >= 11 is 0. The van der Waals surface area contributed by atoms with Crippen LogP contribution in [0.25, 0.3) is 0 Å². The van der Waals surface area contributed by atoms with Gasteiger partial charge >= 0.3 is 0 Å². The van der Waals surface area contributed by atoms with Crippen LogP contribution < -0.4 is 4.72 Å². The predicted octanol–water partition coefficient (Wildman–Crippen LogP) is 2.76. The molecule has 0 saturated heterocycles. The molecule has 0 unspecified atom stereocenters. The number of sulfonamides is 1. The van der Waals surface area contributed by atoms with Crippen LogP contribution in [0.1, 0.15) is 38.2 Å². The SMILES string of the molecule is CCCCCCNS(=O)(=O)c1cccc([N+](=O)[O-])c1C. The predicted molar refractivity (Wildman–Crippen MR) is 77.2 cm³/mol. The number of nitrogens with zero attached hydrogens (tertiary/aromatic N) is 1. The topological polar surface area (TPSA) is 89.3 Å². The Morgan fingerprint density at radius 3 is 2.55 bits per heavy atom. The third-order valence-corrected chi connectivity index (χ3v) is 4.67. The number of nitro groups is 1. The highest BCUT2D eigenvalue weighted by atomic mass is 32.2. The molecule has 0 heterocycles. The lowest BCUT2D eigenvalue weighted by molar-refractivity contribution is -0.385. The van der Waals surface area contributed by atoms with Crippen molar-refractivity contribution >= 4 is 15.7 Å².